The van der Waals surface area contributed by atoms with Crippen LogP contribution in [0.4, 0.5) is 4.39 Å². The van der Waals surface area contributed by atoms with Gasteiger partial charge in [0, 0.05) is 5.56 Å². The molecule has 2 aromatic carbocycles. The van der Waals surface area contributed by atoms with Crippen molar-refractivity contribution in [3.8, 4) is 16.9 Å². The zero-order chi connectivity index (χ0) is 14.1. The molecule has 100 valence electrons. The topological polar surface area (TPSA) is 37.8 Å². The summed E-state index contributed by atoms with van der Waals surface area (Å²) in [5.41, 5.74) is 2.16. The summed E-state index contributed by atoms with van der Waals surface area (Å²) in [5.74, 6) is -0.435. The Morgan fingerprint density at radius 1 is 1.00 bits per heavy atom. The van der Waals surface area contributed by atoms with Gasteiger partial charge in [0.1, 0.15) is 11.5 Å². The molecular formula is C16H13FN2O. The zero-order valence-electron chi connectivity index (χ0n) is 10.9. The van der Waals surface area contributed by atoms with Crippen LogP contribution in [0, 0.1) is 12.7 Å². The molecule has 3 aromatic rings. The summed E-state index contributed by atoms with van der Waals surface area (Å²) in [6, 6.07) is 15.7. The first-order valence-electron chi connectivity index (χ1n) is 6.30. The molecule has 0 saturated carbocycles. The summed E-state index contributed by atoms with van der Waals surface area (Å²) in [4.78, 5) is 12.3. The van der Waals surface area contributed by atoms with Crippen molar-refractivity contribution in [2.24, 2.45) is 0 Å². The molecule has 0 amide bonds. The molecule has 1 heterocycles. The van der Waals surface area contributed by atoms with Gasteiger partial charge >= 0.3 is 0 Å². The Bertz CT molecular complexity index is 803. The summed E-state index contributed by atoms with van der Waals surface area (Å²) in [6.07, 6.45) is 0. The van der Waals surface area contributed by atoms with Crippen molar-refractivity contribution >= 4 is 0 Å². The molecule has 3 rings (SSSR count). The predicted octanol–water partition coefficient (Wildman–Crippen LogP) is 3.28. The lowest BCUT2D eigenvalue weighted by Gasteiger charge is -2.03. The molecule has 0 fully saturated rings. The molecule has 1 aromatic heterocycles. The standard InChI is InChI=1S/C16H13FN2O/c1-11-15(12-7-3-2-4-8-12)18-19(16(11)20)14-10-6-5-9-13(14)17/h2-10,18H,1H3. The third kappa shape index (κ3) is 1.95. The number of nitrogens with zero attached hydrogens (tertiary/aromatic N) is 1. The van der Waals surface area contributed by atoms with E-state index in [0.717, 1.165) is 5.56 Å². The molecule has 1 N–H and O–H groups in total. The minimum absolute atomic E-state index is 0.225. The number of H-pyrrole nitrogens is 1. The molecule has 0 atom stereocenters. The monoisotopic (exact) mass is 268 g/mol. The first-order chi connectivity index (χ1) is 9.68. The average molecular weight is 268 g/mol. The van der Waals surface area contributed by atoms with Gasteiger partial charge in [0.2, 0.25) is 0 Å². The largest absolute Gasteiger partial charge is 0.290 e. The van der Waals surface area contributed by atoms with Crippen molar-refractivity contribution in [1.82, 2.24) is 9.78 Å². The molecule has 0 spiro atoms. The Morgan fingerprint density at radius 2 is 1.65 bits per heavy atom. The lowest BCUT2D eigenvalue weighted by molar-refractivity contribution is 0.608. The van der Waals surface area contributed by atoms with Crippen LogP contribution < -0.4 is 5.56 Å². The number of hydrogen-bond donors (Lipinski definition) is 1. The van der Waals surface area contributed by atoms with Crippen molar-refractivity contribution in [2.75, 3.05) is 0 Å². The van der Waals surface area contributed by atoms with E-state index >= 15 is 0 Å². The summed E-state index contributed by atoms with van der Waals surface area (Å²) in [6.45, 7) is 1.73. The fourth-order valence-electron chi connectivity index (χ4n) is 2.21. The second-order valence-corrected chi connectivity index (χ2v) is 4.57. The van der Waals surface area contributed by atoms with Crippen LogP contribution in [0.1, 0.15) is 5.56 Å². The van der Waals surface area contributed by atoms with Crippen molar-refractivity contribution in [3.63, 3.8) is 0 Å². The van der Waals surface area contributed by atoms with E-state index in [1.165, 1.54) is 10.7 Å². The van der Waals surface area contributed by atoms with Crippen LogP contribution in [0.3, 0.4) is 0 Å². The number of para-hydroxylation sites is 1. The highest BCUT2D eigenvalue weighted by Crippen LogP contribution is 2.20. The van der Waals surface area contributed by atoms with Gasteiger partial charge in [0.25, 0.3) is 5.56 Å². The van der Waals surface area contributed by atoms with Crippen molar-refractivity contribution < 1.29 is 4.39 Å². The van der Waals surface area contributed by atoms with Gasteiger partial charge in [-0.2, -0.15) is 0 Å². The summed E-state index contributed by atoms with van der Waals surface area (Å²) in [5, 5.41) is 2.99. The first kappa shape index (κ1) is 12.4. The maximum absolute atomic E-state index is 13.8. The zero-order valence-corrected chi connectivity index (χ0v) is 10.9. The van der Waals surface area contributed by atoms with E-state index in [0.29, 0.717) is 11.3 Å². The highest BCUT2D eigenvalue weighted by molar-refractivity contribution is 5.62. The Labute approximate surface area is 115 Å². The fourth-order valence-corrected chi connectivity index (χ4v) is 2.21. The van der Waals surface area contributed by atoms with Crippen LogP contribution >= 0.6 is 0 Å². The molecule has 0 aliphatic heterocycles. The molecule has 0 aliphatic rings. The van der Waals surface area contributed by atoms with E-state index < -0.39 is 5.82 Å². The molecular weight excluding hydrogens is 255 g/mol. The smallest absolute Gasteiger partial charge is 0.274 e. The molecule has 0 saturated heterocycles. The van der Waals surface area contributed by atoms with Gasteiger partial charge in [0.05, 0.1) is 5.69 Å². The quantitative estimate of drug-likeness (QED) is 0.761. The Morgan fingerprint density at radius 3 is 2.35 bits per heavy atom. The Hall–Kier alpha value is -2.62. The summed E-state index contributed by atoms with van der Waals surface area (Å²) < 4.78 is 15.1. The highest BCUT2D eigenvalue weighted by atomic mass is 19.1. The van der Waals surface area contributed by atoms with Gasteiger partial charge < -0.3 is 0 Å². The van der Waals surface area contributed by atoms with Gasteiger partial charge in [-0.25, -0.2) is 9.07 Å². The van der Waals surface area contributed by atoms with Gasteiger partial charge in [-0.1, -0.05) is 42.5 Å². The number of aromatic amines is 1. The maximum atomic E-state index is 13.8. The minimum atomic E-state index is -0.435. The van der Waals surface area contributed by atoms with E-state index in [-0.39, 0.29) is 11.2 Å². The Kier molecular flexibility index (Phi) is 2.99. The second kappa shape index (κ2) is 4.81. The number of hydrogen-bond acceptors (Lipinski definition) is 1. The SMILES string of the molecule is Cc1c(-c2ccccc2)[nH]n(-c2ccccc2F)c1=O. The number of aromatic nitrogens is 2. The van der Waals surface area contributed by atoms with Crippen LogP contribution in [-0.4, -0.2) is 9.78 Å². The van der Waals surface area contributed by atoms with Crippen LogP contribution in [0.5, 0.6) is 0 Å². The van der Waals surface area contributed by atoms with E-state index in [1.54, 1.807) is 25.1 Å². The normalized spacial score (nSPS) is 10.7. The number of nitrogens with one attached hydrogen (secondary N) is 1. The second-order valence-electron chi connectivity index (χ2n) is 4.57. The fraction of sp³-hybridized carbons (Fsp3) is 0.0625. The Balaban J connectivity index is 2.22. The van der Waals surface area contributed by atoms with Crippen LogP contribution in [0.2, 0.25) is 0 Å². The number of rotatable bonds is 2. The maximum Gasteiger partial charge on any atom is 0.274 e. The predicted molar refractivity (Wildman–Crippen MR) is 76.5 cm³/mol. The third-order valence-electron chi connectivity index (χ3n) is 3.28. The number of halogens is 1. The average Bonchev–Trinajstić information content (AvgIpc) is 2.77. The first-order valence-corrected chi connectivity index (χ1v) is 6.30. The minimum Gasteiger partial charge on any atom is -0.290 e. The van der Waals surface area contributed by atoms with Gasteiger partial charge in [-0.3, -0.25) is 9.89 Å². The van der Waals surface area contributed by atoms with Crippen LogP contribution in [-0.2, 0) is 0 Å². The molecule has 0 aliphatic carbocycles. The molecule has 0 radical (unpaired) electrons. The van der Waals surface area contributed by atoms with Crippen molar-refractivity contribution in [2.45, 2.75) is 6.92 Å². The van der Waals surface area contributed by atoms with Crippen LogP contribution in [0.25, 0.3) is 16.9 Å². The molecule has 3 nitrogen and oxygen atoms in total. The third-order valence-corrected chi connectivity index (χ3v) is 3.28. The van der Waals surface area contributed by atoms with Crippen LogP contribution in [0.15, 0.2) is 59.4 Å². The van der Waals surface area contributed by atoms with E-state index in [1.807, 2.05) is 30.3 Å². The van der Waals surface area contributed by atoms with Gasteiger partial charge in [-0.05, 0) is 24.6 Å². The van der Waals surface area contributed by atoms with Gasteiger partial charge in [-0.15, -0.1) is 0 Å². The van der Waals surface area contributed by atoms with Crippen molar-refractivity contribution in [3.05, 3.63) is 76.3 Å². The molecule has 0 unspecified atom stereocenters. The lowest BCUT2D eigenvalue weighted by Crippen LogP contribution is -2.16. The number of benzene rings is 2. The van der Waals surface area contributed by atoms with E-state index in [9.17, 15) is 9.18 Å². The summed E-state index contributed by atoms with van der Waals surface area (Å²) in [7, 11) is 0. The lowest BCUT2D eigenvalue weighted by atomic mass is 10.1. The van der Waals surface area contributed by atoms with E-state index in [4.69, 9.17) is 0 Å². The summed E-state index contributed by atoms with van der Waals surface area (Å²) >= 11 is 0. The molecule has 0 bridgehead atoms. The molecule has 4 heteroatoms. The van der Waals surface area contributed by atoms with Crippen molar-refractivity contribution in [1.29, 1.82) is 0 Å². The van der Waals surface area contributed by atoms with Gasteiger partial charge in [0.15, 0.2) is 0 Å². The molecule has 20 heavy (non-hydrogen) atoms. The van der Waals surface area contributed by atoms with E-state index in [2.05, 4.69) is 5.10 Å². The highest BCUT2D eigenvalue weighted by Gasteiger charge is 2.14.